The number of fused-ring (bicyclic) bond motifs is 1. The molecule has 0 aliphatic rings. The van der Waals surface area contributed by atoms with Gasteiger partial charge in [-0.25, -0.2) is 8.42 Å². The highest BCUT2D eigenvalue weighted by atomic mass is 32.2. The Kier molecular flexibility index (Phi) is 2.19. The minimum absolute atomic E-state index is 0.00896. The first-order valence-corrected chi connectivity index (χ1v) is 5.45. The van der Waals surface area contributed by atoms with Gasteiger partial charge in [0.1, 0.15) is 11.2 Å². The van der Waals surface area contributed by atoms with Crippen LogP contribution in [-0.2, 0) is 9.84 Å². The lowest BCUT2D eigenvalue weighted by molar-refractivity contribution is -0.0435. The van der Waals surface area contributed by atoms with E-state index < -0.39 is 20.2 Å². The fraction of sp³-hybridized carbons (Fsp3) is 0.125. The summed E-state index contributed by atoms with van der Waals surface area (Å²) < 4.78 is 63.8. The van der Waals surface area contributed by atoms with Crippen molar-refractivity contribution in [2.45, 2.75) is 10.4 Å². The number of alkyl halides is 3. The SMILES string of the molecule is O=S(=O)(c1coc2cnccc12)C(F)(F)F. The van der Waals surface area contributed by atoms with Crippen LogP contribution in [0.2, 0.25) is 0 Å². The zero-order chi connectivity index (χ0) is 12.0. The Balaban J connectivity index is 2.75. The van der Waals surface area contributed by atoms with Crippen LogP contribution < -0.4 is 0 Å². The van der Waals surface area contributed by atoms with Crippen LogP contribution in [0.5, 0.6) is 0 Å². The number of nitrogens with zero attached hydrogens (tertiary/aromatic N) is 1. The maximum absolute atomic E-state index is 12.3. The van der Waals surface area contributed by atoms with Crippen molar-refractivity contribution in [1.29, 1.82) is 0 Å². The molecule has 2 aromatic rings. The van der Waals surface area contributed by atoms with E-state index in [9.17, 15) is 21.6 Å². The van der Waals surface area contributed by atoms with Gasteiger partial charge in [0.05, 0.1) is 6.20 Å². The zero-order valence-corrected chi connectivity index (χ0v) is 8.34. The summed E-state index contributed by atoms with van der Waals surface area (Å²) in [4.78, 5) is 2.71. The summed E-state index contributed by atoms with van der Waals surface area (Å²) in [5.41, 5.74) is -5.35. The molecule has 0 radical (unpaired) electrons. The standard InChI is InChI=1S/C8H4F3NO3S/c9-8(10,11)16(13,14)7-4-15-6-3-12-2-1-5(6)7/h1-4H. The maximum Gasteiger partial charge on any atom is 0.502 e. The summed E-state index contributed by atoms with van der Waals surface area (Å²) in [6, 6.07) is 1.15. The third kappa shape index (κ3) is 1.45. The molecule has 0 amide bonds. The van der Waals surface area contributed by atoms with Crippen molar-refractivity contribution < 1.29 is 26.0 Å². The number of pyridine rings is 1. The number of hydrogen-bond acceptors (Lipinski definition) is 4. The van der Waals surface area contributed by atoms with Crippen molar-refractivity contribution >= 4 is 20.8 Å². The lowest BCUT2D eigenvalue weighted by atomic mass is 10.3. The molecule has 2 rings (SSSR count). The molecule has 2 heterocycles. The molecule has 86 valence electrons. The van der Waals surface area contributed by atoms with Crippen molar-refractivity contribution in [2.75, 3.05) is 0 Å². The van der Waals surface area contributed by atoms with E-state index in [4.69, 9.17) is 0 Å². The Morgan fingerprint density at radius 3 is 2.62 bits per heavy atom. The largest absolute Gasteiger partial charge is 0.502 e. The molecule has 0 saturated heterocycles. The molecule has 2 aromatic heterocycles. The number of halogens is 3. The molecule has 0 atom stereocenters. The molecule has 0 aliphatic carbocycles. The molecule has 0 bridgehead atoms. The molecule has 0 N–H and O–H groups in total. The normalized spacial score (nSPS) is 13.2. The number of hydrogen-bond donors (Lipinski definition) is 0. The first kappa shape index (κ1) is 10.9. The molecular weight excluding hydrogens is 247 g/mol. The highest BCUT2D eigenvalue weighted by Gasteiger charge is 2.48. The molecule has 0 aliphatic heterocycles. The van der Waals surface area contributed by atoms with E-state index in [2.05, 4.69) is 9.40 Å². The summed E-state index contributed by atoms with van der Waals surface area (Å²) in [6.45, 7) is 0. The van der Waals surface area contributed by atoms with Crippen molar-refractivity contribution in [3.8, 4) is 0 Å². The van der Waals surface area contributed by atoms with Gasteiger partial charge >= 0.3 is 5.51 Å². The van der Waals surface area contributed by atoms with E-state index in [-0.39, 0.29) is 11.0 Å². The molecule has 0 saturated carbocycles. The van der Waals surface area contributed by atoms with Crippen LogP contribution in [0.15, 0.2) is 34.0 Å². The van der Waals surface area contributed by atoms with Gasteiger partial charge in [-0.1, -0.05) is 0 Å². The molecule has 8 heteroatoms. The Bertz CT molecular complexity index is 629. The van der Waals surface area contributed by atoms with E-state index in [0.29, 0.717) is 6.26 Å². The molecule has 0 aromatic carbocycles. The van der Waals surface area contributed by atoms with E-state index in [1.54, 1.807) is 0 Å². The zero-order valence-electron chi connectivity index (χ0n) is 7.52. The molecule has 4 nitrogen and oxygen atoms in total. The quantitative estimate of drug-likeness (QED) is 0.778. The second-order valence-corrected chi connectivity index (χ2v) is 4.83. The molecule has 0 fully saturated rings. The van der Waals surface area contributed by atoms with Crippen LogP contribution in [0.25, 0.3) is 11.0 Å². The summed E-state index contributed by atoms with van der Waals surface area (Å²) in [5, 5.41) is -0.132. The van der Waals surface area contributed by atoms with Gasteiger partial charge in [-0.2, -0.15) is 13.2 Å². The minimum Gasteiger partial charge on any atom is -0.461 e. The lowest BCUT2D eigenvalue weighted by Crippen LogP contribution is -2.22. The number of sulfone groups is 1. The fourth-order valence-corrected chi connectivity index (χ4v) is 2.07. The topological polar surface area (TPSA) is 60.2 Å². The number of furan rings is 1. The molecule has 16 heavy (non-hydrogen) atoms. The van der Waals surface area contributed by atoms with Gasteiger partial charge in [0.25, 0.3) is 9.84 Å². The van der Waals surface area contributed by atoms with E-state index >= 15 is 0 Å². The van der Waals surface area contributed by atoms with Gasteiger partial charge in [0.15, 0.2) is 5.58 Å². The summed E-state index contributed by atoms with van der Waals surface area (Å²) in [7, 11) is -5.38. The van der Waals surface area contributed by atoms with Crippen LogP contribution in [0.4, 0.5) is 13.2 Å². The van der Waals surface area contributed by atoms with Gasteiger partial charge < -0.3 is 4.42 Å². The second kappa shape index (κ2) is 3.21. The number of aromatic nitrogens is 1. The predicted molar refractivity (Wildman–Crippen MR) is 47.2 cm³/mol. The van der Waals surface area contributed by atoms with Crippen LogP contribution in [0.3, 0.4) is 0 Å². The van der Waals surface area contributed by atoms with Crippen molar-refractivity contribution in [2.24, 2.45) is 0 Å². The Morgan fingerprint density at radius 2 is 2.00 bits per heavy atom. The van der Waals surface area contributed by atoms with E-state index in [0.717, 1.165) is 12.3 Å². The van der Waals surface area contributed by atoms with Gasteiger partial charge in [-0.05, 0) is 6.07 Å². The third-order valence-corrected chi connectivity index (χ3v) is 3.44. The highest BCUT2D eigenvalue weighted by Crippen LogP contribution is 2.34. The second-order valence-electron chi connectivity index (χ2n) is 2.92. The minimum atomic E-state index is -5.38. The van der Waals surface area contributed by atoms with Gasteiger partial charge in [0.2, 0.25) is 0 Å². The Morgan fingerprint density at radius 1 is 1.31 bits per heavy atom. The Hall–Kier alpha value is -1.57. The van der Waals surface area contributed by atoms with E-state index in [1.165, 1.54) is 6.20 Å². The van der Waals surface area contributed by atoms with Crippen molar-refractivity contribution in [1.82, 2.24) is 4.98 Å². The lowest BCUT2D eigenvalue weighted by Gasteiger charge is -2.05. The van der Waals surface area contributed by atoms with Crippen LogP contribution >= 0.6 is 0 Å². The summed E-state index contributed by atoms with van der Waals surface area (Å²) in [6.07, 6.45) is 2.90. The van der Waals surface area contributed by atoms with Crippen LogP contribution in [0, 0.1) is 0 Å². The number of rotatable bonds is 1. The fourth-order valence-electron chi connectivity index (χ4n) is 1.19. The van der Waals surface area contributed by atoms with Gasteiger partial charge in [0, 0.05) is 11.6 Å². The van der Waals surface area contributed by atoms with Crippen molar-refractivity contribution in [3.63, 3.8) is 0 Å². The maximum atomic E-state index is 12.3. The average molecular weight is 251 g/mol. The smallest absolute Gasteiger partial charge is 0.461 e. The Labute approximate surface area is 87.6 Å². The molecule has 0 unspecified atom stereocenters. The summed E-state index contributed by atoms with van der Waals surface area (Å²) >= 11 is 0. The van der Waals surface area contributed by atoms with Crippen molar-refractivity contribution in [3.05, 3.63) is 24.7 Å². The van der Waals surface area contributed by atoms with Crippen LogP contribution in [-0.4, -0.2) is 18.9 Å². The monoisotopic (exact) mass is 251 g/mol. The van der Waals surface area contributed by atoms with Gasteiger partial charge in [-0.15, -0.1) is 0 Å². The third-order valence-electron chi connectivity index (χ3n) is 1.94. The molecule has 0 spiro atoms. The highest BCUT2D eigenvalue weighted by molar-refractivity contribution is 7.92. The molecular formula is C8H4F3NO3S. The first-order valence-electron chi connectivity index (χ1n) is 3.96. The first-order chi connectivity index (χ1) is 7.34. The summed E-state index contributed by atoms with van der Waals surface area (Å²) in [5.74, 6) is 0. The van der Waals surface area contributed by atoms with Gasteiger partial charge in [-0.3, -0.25) is 4.98 Å². The predicted octanol–water partition coefficient (Wildman–Crippen LogP) is 2.12. The van der Waals surface area contributed by atoms with Crippen LogP contribution in [0.1, 0.15) is 0 Å². The average Bonchev–Trinajstić information content (AvgIpc) is 2.59. The van der Waals surface area contributed by atoms with E-state index in [1.807, 2.05) is 0 Å².